The summed E-state index contributed by atoms with van der Waals surface area (Å²) in [4.78, 5) is 24.2. The smallest absolute Gasteiger partial charge is 0.303 e. The average Bonchev–Trinajstić information content (AvgIpc) is 2.37. The van der Waals surface area contributed by atoms with Gasteiger partial charge < -0.3 is 9.94 Å². The van der Waals surface area contributed by atoms with Gasteiger partial charge in [0, 0.05) is 6.42 Å². The van der Waals surface area contributed by atoms with E-state index in [4.69, 9.17) is 5.11 Å². The highest BCUT2D eigenvalue weighted by Gasteiger charge is 1.97. The minimum absolute atomic E-state index is 0.186. The van der Waals surface area contributed by atoms with Gasteiger partial charge in [-0.15, -0.1) is 10.1 Å². The highest BCUT2D eigenvalue weighted by Crippen LogP contribution is 2.09. The molecule has 0 heterocycles. The third kappa shape index (κ3) is 22.3. The molecule has 0 radical (unpaired) electrons. The number of carboxylic acid groups (broad SMARTS) is 1. The van der Waals surface area contributed by atoms with Gasteiger partial charge in [0.15, 0.2) is 0 Å². The van der Waals surface area contributed by atoms with E-state index in [2.05, 4.69) is 4.84 Å². The van der Waals surface area contributed by atoms with Crippen molar-refractivity contribution in [2.24, 2.45) is 0 Å². The van der Waals surface area contributed by atoms with E-state index in [0.29, 0.717) is 0 Å². The van der Waals surface area contributed by atoms with Crippen LogP contribution in [0, 0.1) is 10.1 Å². The molecule has 0 spiro atoms. The fourth-order valence-corrected chi connectivity index (χ4v) is 1.58. The van der Waals surface area contributed by atoms with Crippen molar-refractivity contribution in [1.82, 2.24) is 0 Å². The van der Waals surface area contributed by atoms with Gasteiger partial charge in [-0.05, 0) is 12.8 Å². The number of hydrogen-bond acceptors (Lipinski definition) is 4. The Kier molecular flexibility index (Phi) is 17.5. The van der Waals surface area contributed by atoms with Crippen molar-refractivity contribution in [3.05, 3.63) is 10.1 Å². The van der Waals surface area contributed by atoms with Crippen LogP contribution in [0.2, 0.25) is 0 Å². The Morgan fingerprint density at radius 1 is 1.00 bits per heavy atom. The van der Waals surface area contributed by atoms with Crippen LogP contribution in [0.5, 0.6) is 0 Å². The number of carboxylic acids is 1. The molecule has 114 valence electrons. The van der Waals surface area contributed by atoms with E-state index in [1.165, 1.54) is 0 Å². The topological polar surface area (TPSA) is 89.7 Å². The van der Waals surface area contributed by atoms with Gasteiger partial charge in [-0.25, -0.2) is 0 Å². The molecule has 0 aromatic carbocycles. The van der Waals surface area contributed by atoms with Gasteiger partial charge in [-0.1, -0.05) is 52.4 Å². The van der Waals surface area contributed by atoms with Crippen LogP contribution in [0.4, 0.5) is 0 Å². The van der Waals surface area contributed by atoms with Gasteiger partial charge in [-0.3, -0.25) is 4.79 Å². The van der Waals surface area contributed by atoms with E-state index in [0.717, 1.165) is 51.4 Å². The summed E-state index contributed by atoms with van der Waals surface area (Å²) in [5, 5.41) is 17.5. The van der Waals surface area contributed by atoms with Gasteiger partial charge in [0.25, 0.3) is 5.09 Å². The maximum Gasteiger partial charge on any atom is 0.303 e. The maximum atomic E-state index is 10.2. The predicted octanol–water partition coefficient (Wildman–Crippen LogP) is 3.82. The Labute approximate surface area is 115 Å². The molecular formula is C13H27NO5. The van der Waals surface area contributed by atoms with Crippen molar-refractivity contribution in [1.29, 1.82) is 0 Å². The summed E-state index contributed by atoms with van der Waals surface area (Å²) in [6.45, 7) is 4.19. The van der Waals surface area contributed by atoms with Crippen LogP contribution < -0.4 is 0 Å². The largest absolute Gasteiger partial charge is 0.481 e. The van der Waals surface area contributed by atoms with E-state index in [-0.39, 0.29) is 13.0 Å². The average molecular weight is 277 g/mol. The summed E-state index contributed by atoms with van der Waals surface area (Å²) in [6, 6.07) is 0. The molecule has 0 atom stereocenters. The van der Waals surface area contributed by atoms with Crippen LogP contribution in [0.15, 0.2) is 0 Å². The zero-order valence-corrected chi connectivity index (χ0v) is 12.1. The summed E-state index contributed by atoms with van der Waals surface area (Å²) < 4.78 is 0. The Hall–Kier alpha value is -1.33. The van der Waals surface area contributed by atoms with Crippen LogP contribution in [0.3, 0.4) is 0 Å². The number of carbonyl (C=O) groups is 1. The summed E-state index contributed by atoms with van der Waals surface area (Å²) >= 11 is 0. The van der Waals surface area contributed by atoms with Crippen molar-refractivity contribution in [3.63, 3.8) is 0 Å². The van der Waals surface area contributed by atoms with E-state index < -0.39 is 11.1 Å². The first-order valence-electron chi connectivity index (χ1n) is 7.12. The highest BCUT2D eigenvalue weighted by molar-refractivity contribution is 5.66. The Bertz CT molecular complexity index is 199. The molecule has 19 heavy (non-hydrogen) atoms. The lowest BCUT2D eigenvalue weighted by atomic mass is 10.1. The van der Waals surface area contributed by atoms with Crippen molar-refractivity contribution in [3.8, 4) is 0 Å². The second-order valence-corrected chi connectivity index (χ2v) is 4.03. The molecule has 1 N–H and O–H groups in total. The lowest BCUT2D eigenvalue weighted by Crippen LogP contribution is -2.01. The van der Waals surface area contributed by atoms with E-state index in [1.807, 2.05) is 13.8 Å². The molecule has 0 aromatic heterocycles. The molecule has 0 bridgehead atoms. The normalized spacial score (nSPS) is 9.37. The van der Waals surface area contributed by atoms with Crippen molar-refractivity contribution in [2.75, 3.05) is 6.61 Å². The minimum atomic E-state index is -0.761. The van der Waals surface area contributed by atoms with Crippen LogP contribution in [-0.4, -0.2) is 22.8 Å². The first-order valence-corrected chi connectivity index (χ1v) is 7.12. The number of aliphatic carboxylic acids is 1. The zero-order valence-electron chi connectivity index (χ0n) is 12.1. The Morgan fingerprint density at radius 3 is 1.84 bits per heavy atom. The fraction of sp³-hybridized carbons (Fsp3) is 0.923. The molecule has 0 amide bonds. The minimum Gasteiger partial charge on any atom is -0.481 e. The third-order valence-corrected chi connectivity index (χ3v) is 2.48. The second-order valence-electron chi connectivity index (χ2n) is 4.03. The quantitative estimate of drug-likeness (QED) is 0.333. The molecule has 0 fully saturated rings. The summed E-state index contributed by atoms with van der Waals surface area (Å²) in [5.74, 6) is -0.726. The summed E-state index contributed by atoms with van der Waals surface area (Å²) in [5.41, 5.74) is 0. The number of rotatable bonds is 12. The molecule has 0 unspecified atom stereocenters. The van der Waals surface area contributed by atoms with Crippen LogP contribution in [0.1, 0.15) is 71.6 Å². The lowest BCUT2D eigenvalue weighted by molar-refractivity contribution is -0.757. The predicted molar refractivity (Wildman–Crippen MR) is 73.5 cm³/mol. The molecule has 0 aliphatic carbocycles. The van der Waals surface area contributed by atoms with E-state index in [1.54, 1.807) is 0 Å². The molecule has 6 nitrogen and oxygen atoms in total. The molecule has 0 aromatic rings. The monoisotopic (exact) mass is 277 g/mol. The standard InChI is InChI=1S/C11H21NO5.C2H6/c13-11(14)9-7-5-3-1-2-4-6-8-10-17-12(15)16;1-2/h1-10H2,(H,13,14);1-2H3. The molecule has 0 aliphatic rings. The van der Waals surface area contributed by atoms with Crippen molar-refractivity contribution >= 4 is 5.97 Å². The Balaban J connectivity index is 0. The second kappa shape index (κ2) is 16.7. The van der Waals surface area contributed by atoms with Crippen LogP contribution in [0.25, 0.3) is 0 Å². The lowest BCUT2D eigenvalue weighted by Gasteiger charge is -2.01. The zero-order chi connectivity index (χ0) is 14.9. The molecule has 0 rings (SSSR count). The van der Waals surface area contributed by atoms with E-state index in [9.17, 15) is 14.9 Å². The first kappa shape index (κ1) is 20.0. The van der Waals surface area contributed by atoms with Crippen molar-refractivity contribution < 1.29 is 19.8 Å². The molecular weight excluding hydrogens is 250 g/mol. The molecule has 0 aliphatic heterocycles. The maximum absolute atomic E-state index is 10.2. The SMILES string of the molecule is CC.O=C(O)CCCCCCCCCCO[N+](=O)[O-]. The summed E-state index contributed by atoms with van der Waals surface area (Å²) in [6.07, 6.45) is 7.99. The number of hydrogen-bond donors (Lipinski definition) is 1. The van der Waals surface area contributed by atoms with Gasteiger partial charge in [0.05, 0.1) is 6.61 Å². The molecule has 0 saturated carbocycles. The Morgan fingerprint density at radius 2 is 1.42 bits per heavy atom. The highest BCUT2D eigenvalue weighted by atomic mass is 16.9. The summed E-state index contributed by atoms with van der Waals surface area (Å²) in [7, 11) is 0. The number of unbranched alkanes of at least 4 members (excludes halogenated alkanes) is 7. The number of nitrogens with zero attached hydrogens (tertiary/aromatic N) is 1. The van der Waals surface area contributed by atoms with Gasteiger partial charge >= 0.3 is 5.97 Å². The first-order chi connectivity index (χ1) is 9.13. The third-order valence-electron chi connectivity index (χ3n) is 2.48. The molecule has 6 heteroatoms. The van der Waals surface area contributed by atoms with Gasteiger partial charge in [-0.2, -0.15) is 0 Å². The van der Waals surface area contributed by atoms with Crippen LogP contribution >= 0.6 is 0 Å². The van der Waals surface area contributed by atoms with Gasteiger partial charge in [0.2, 0.25) is 0 Å². The van der Waals surface area contributed by atoms with Gasteiger partial charge in [0.1, 0.15) is 0 Å². The fourth-order valence-electron chi connectivity index (χ4n) is 1.58. The van der Waals surface area contributed by atoms with Crippen molar-refractivity contribution in [2.45, 2.75) is 71.6 Å². The van der Waals surface area contributed by atoms with E-state index >= 15 is 0 Å². The van der Waals surface area contributed by atoms with Crippen LogP contribution in [-0.2, 0) is 9.63 Å². The molecule has 0 saturated heterocycles.